The Balaban J connectivity index is 1.38. The molecule has 3 heterocycles. The Morgan fingerprint density at radius 1 is 0.964 bits per heavy atom. The molecule has 5 fully saturated rings. The Kier molecular flexibility index (Phi) is 4.56. The highest BCUT2D eigenvalue weighted by Gasteiger charge is 2.44. The quantitative estimate of drug-likeness (QED) is 0.832. The van der Waals surface area contributed by atoms with E-state index >= 15 is 0 Å². The molecule has 1 N–H and O–H groups in total. The van der Waals surface area contributed by atoms with Crippen LogP contribution >= 0.6 is 0 Å². The molecule has 2 saturated carbocycles. The van der Waals surface area contributed by atoms with Crippen LogP contribution in [-0.4, -0.2) is 47.4 Å². The Bertz CT molecular complexity index is 772. The number of aryl methyl sites for hydroxylation is 1. The fraction of sp³-hybridized carbons (Fsp3) is 0.652. The summed E-state index contributed by atoms with van der Waals surface area (Å²) in [5, 5.41) is 3.14. The van der Waals surface area contributed by atoms with Crippen LogP contribution in [-0.2, 0) is 0 Å². The smallest absolute Gasteiger partial charge is 0.322 e. The van der Waals surface area contributed by atoms with Crippen LogP contribution in [0.3, 0.4) is 0 Å². The number of carbonyl (C=O) groups is 2. The van der Waals surface area contributed by atoms with Gasteiger partial charge in [-0.25, -0.2) is 4.79 Å². The Hall–Kier alpha value is -2.04. The van der Waals surface area contributed by atoms with E-state index in [9.17, 15) is 9.59 Å². The molecule has 2 atom stereocenters. The fourth-order valence-electron chi connectivity index (χ4n) is 6.35. The average Bonchev–Trinajstić information content (AvgIpc) is 3.12. The first-order chi connectivity index (χ1) is 13.6. The second-order valence-corrected chi connectivity index (χ2v) is 9.51. The molecule has 3 saturated heterocycles. The molecule has 6 rings (SSSR count). The van der Waals surface area contributed by atoms with Crippen molar-refractivity contribution in [1.82, 2.24) is 9.80 Å². The van der Waals surface area contributed by atoms with Crippen LogP contribution in [0.1, 0.15) is 60.9 Å². The minimum atomic E-state index is -0.0146. The van der Waals surface area contributed by atoms with E-state index in [2.05, 4.69) is 10.2 Å². The summed E-state index contributed by atoms with van der Waals surface area (Å²) in [7, 11) is 0. The third-order valence-corrected chi connectivity index (χ3v) is 7.49. The monoisotopic (exact) mass is 381 g/mol. The van der Waals surface area contributed by atoms with Crippen molar-refractivity contribution in [2.75, 3.05) is 25.0 Å². The minimum absolute atomic E-state index is 0.0146. The van der Waals surface area contributed by atoms with Gasteiger partial charge in [-0.2, -0.15) is 0 Å². The number of nitrogens with one attached hydrogen (secondary N) is 1. The van der Waals surface area contributed by atoms with E-state index < -0.39 is 0 Å². The van der Waals surface area contributed by atoms with E-state index in [1.165, 1.54) is 19.3 Å². The van der Waals surface area contributed by atoms with Gasteiger partial charge in [0.05, 0.1) is 11.3 Å². The van der Waals surface area contributed by atoms with Crippen LogP contribution in [0.15, 0.2) is 18.2 Å². The number of fused-ring (bicyclic) bond motifs is 1. The number of hydrogen-bond acceptors (Lipinski definition) is 2. The Labute approximate surface area is 167 Å². The van der Waals surface area contributed by atoms with E-state index in [0.29, 0.717) is 23.2 Å². The van der Waals surface area contributed by atoms with Gasteiger partial charge in [-0.05, 0) is 81.3 Å². The maximum absolute atomic E-state index is 13.3. The SMILES string of the molecule is Cc1cccc(NC(=O)N2CC3CC4CC(C3)CC2C4)c1C(=O)N1CCCC1. The van der Waals surface area contributed by atoms with Crippen molar-refractivity contribution >= 4 is 17.6 Å². The molecule has 2 unspecified atom stereocenters. The number of anilines is 1. The molecule has 28 heavy (non-hydrogen) atoms. The molecular weight excluding hydrogens is 350 g/mol. The van der Waals surface area contributed by atoms with Crippen LogP contribution in [0.4, 0.5) is 10.5 Å². The van der Waals surface area contributed by atoms with E-state index in [1.807, 2.05) is 30.0 Å². The summed E-state index contributed by atoms with van der Waals surface area (Å²) in [4.78, 5) is 30.4. The van der Waals surface area contributed by atoms with Gasteiger partial charge in [-0.1, -0.05) is 12.1 Å². The molecule has 2 aliphatic carbocycles. The highest BCUT2D eigenvalue weighted by Crippen LogP contribution is 2.47. The third-order valence-electron chi connectivity index (χ3n) is 7.49. The fourth-order valence-corrected chi connectivity index (χ4v) is 6.35. The highest BCUT2D eigenvalue weighted by atomic mass is 16.2. The second kappa shape index (κ2) is 7.09. The molecule has 1 aromatic rings. The number of urea groups is 1. The number of nitrogens with zero attached hydrogens (tertiary/aromatic N) is 2. The molecule has 4 bridgehead atoms. The lowest BCUT2D eigenvalue weighted by molar-refractivity contribution is 0.0793. The van der Waals surface area contributed by atoms with Crippen molar-refractivity contribution in [3.05, 3.63) is 29.3 Å². The zero-order valence-electron chi connectivity index (χ0n) is 16.8. The van der Waals surface area contributed by atoms with Gasteiger partial charge < -0.3 is 15.1 Å². The Morgan fingerprint density at radius 3 is 2.36 bits per heavy atom. The highest BCUT2D eigenvalue weighted by molar-refractivity contribution is 6.04. The molecule has 1 aromatic carbocycles. The normalized spacial score (nSPS) is 31.2. The summed E-state index contributed by atoms with van der Waals surface area (Å²) in [5.41, 5.74) is 2.27. The molecule has 5 heteroatoms. The molecule has 5 aliphatic rings. The van der Waals surface area contributed by atoms with Gasteiger partial charge >= 0.3 is 6.03 Å². The average molecular weight is 382 g/mol. The number of likely N-dealkylation sites (tertiary alicyclic amines) is 1. The number of benzene rings is 1. The van der Waals surface area contributed by atoms with Crippen LogP contribution in [0.2, 0.25) is 0 Å². The molecule has 5 nitrogen and oxygen atoms in total. The predicted molar refractivity (Wildman–Crippen MR) is 109 cm³/mol. The minimum Gasteiger partial charge on any atom is -0.339 e. The van der Waals surface area contributed by atoms with E-state index in [-0.39, 0.29) is 11.9 Å². The zero-order chi connectivity index (χ0) is 19.3. The summed E-state index contributed by atoms with van der Waals surface area (Å²) in [6, 6.07) is 6.14. The molecule has 3 aliphatic heterocycles. The predicted octanol–water partition coefficient (Wildman–Crippen LogP) is 4.27. The van der Waals surface area contributed by atoms with Crippen molar-refractivity contribution in [3.8, 4) is 0 Å². The maximum atomic E-state index is 13.3. The summed E-state index contributed by atoms with van der Waals surface area (Å²) in [5.74, 6) is 2.34. The van der Waals surface area contributed by atoms with Crippen LogP contribution in [0, 0.1) is 24.7 Å². The molecule has 150 valence electrons. The van der Waals surface area contributed by atoms with Gasteiger partial charge in [0.2, 0.25) is 0 Å². The largest absolute Gasteiger partial charge is 0.339 e. The van der Waals surface area contributed by atoms with Gasteiger partial charge in [0.1, 0.15) is 0 Å². The van der Waals surface area contributed by atoms with Crippen molar-refractivity contribution in [1.29, 1.82) is 0 Å². The maximum Gasteiger partial charge on any atom is 0.322 e. The first-order valence-corrected chi connectivity index (χ1v) is 11.0. The number of amides is 3. The van der Waals surface area contributed by atoms with Gasteiger partial charge in [-0.15, -0.1) is 0 Å². The Morgan fingerprint density at radius 2 is 1.64 bits per heavy atom. The van der Waals surface area contributed by atoms with Gasteiger partial charge in [0.25, 0.3) is 5.91 Å². The van der Waals surface area contributed by atoms with E-state index in [1.54, 1.807) is 0 Å². The standard InChI is InChI=1S/C23H31N3O2/c1-15-5-4-6-20(21(15)22(27)25-7-2-3-8-25)24-23(28)26-14-18-10-16-9-17(11-18)13-19(26)12-16/h4-6,16-19H,2-3,7-14H2,1H3,(H,24,28). The van der Waals surface area contributed by atoms with E-state index in [0.717, 1.165) is 62.7 Å². The second-order valence-electron chi connectivity index (χ2n) is 9.51. The lowest BCUT2D eigenvalue weighted by Crippen LogP contribution is -2.44. The number of carbonyl (C=O) groups excluding carboxylic acids is 2. The molecule has 0 aromatic heterocycles. The van der Waals surface area contributed by atoms with Crippen molar-refractivity contribution in [2.45, 2.75) is 57.9 Å². The third kappa shape index (κ3) is 3.19. The van der Waals surface area contributed by atoms with Crippen molar-refractivity contribution in [3.63, 3.8) is 0 Å². The summed E-state index contributed by atoms with van der Waals surface area (Å²) in [6.45, 7) is 4.48. The number of rotatable bonds is 2. The lowest BCUT2D eigenvalue weighted by atomic mass is 9.68. The summed E-state index contributed by atoms with van der Waals surface area (Å²) >= 11 is 0. The lowest BCUT2D eigenvalue weighted by Gasteiger charge is -2.39. The summed E-state index contributed by atoms with van der Waals surface area (Å²) < 4.78 is 0. The molecular formula is C23H31N3O2. The number of hydrogen-bond donors (Lipinski definition) is 1. The van der Waals surface area contributed by atoms with Gasteiger partial charge in [-0.3, -0.25) is 4.79 Å². The van der Waals surface area contributed by atoms with Crippen molar-refractivity contribution < 1.29 is 9.59 Å². The van der Waals surface area contributed by atoms with Gasteiger partial charge in [0.15, 0.2) is 0 Å². The van der Waals surface area contributed by atoms with Crippen LogP contribution in [0.5, 0.6) is 0 Å². The van der Waals surface area contributed by atoms with Gasteiger partial charge in [0, 0.05) is 25.7 Å². The van der Waals surface area contributed by atoms with Crippen molar-refractivity contribution in [2.24, 2.45) is 17.8 Å². The van der Waals surface area contributed by atoms with E-state index in [4.69, 9.17) is 0 Å². The summed E-state index contributed by atoms with van der Waals surface area (Å²) in [6.07, 6.45) is 8.41. The first kappa shape index (κ1) is 18.0. The molecule has 0 radical (unpaired) electrons. The van der Waals surface area contributed by atoms with Crippen LogP contribution < -0.4 is 5.32 Å². The topological polar surface area (TPSA) is 52.7 Å². The van der Waals surface area contributed by atoms with Crippen LogP contribution in [0.25, 0.3) is 0 Å². The molecule has 3 amide bonds. The molecule has 0 spiro atoms. The zero-order valence-corrected chi connectivity index (χ0v) is 16.8. The first-order valence-electron chi connectivity index (χ1n) is 11.0.